The Kier molecular flexibility index (Phi) is 4.59. The molecule has 0 amide bonds. The average molecular weight is 156 g/mol. The molecule has 0 spiro atoms. The minimum atomic E-state index is 0.0961. The van der Waals surface area contributed by atoms with Gasteiger partial charge in [-0.25, -0.2) is 0 Å². The fourth-order valence-electron chi connectivity index (χ4n) is 0.952. The van der Waals surface area contributed by atoms with Gasteiger partial charge in [-0.15, -0.1) is 0 Å². The molecule has 0 aromatic rings. The van der Waals surface area contributed by atoms with Gasteiger partial charge >= 0.3 is 0 Å². The van der Waals surface area contributed by atoms with Gasteiger partial charge in [0.05, 0.1) is 5.76 Å². The van der Waals surface area contributed by atoms with Crippen LogP contribution in [-0.4, -0.2) is 10.9 Å². The molecule has 0 saturated carbocycles. The van der Waals surface area contributed by atoms with E-state index in [0.29, 0.717) is 18.4 Å². The van der Waals surface area contributed by atoms with Crippen LogP contribution < -0.4 is 0 Å². The summed E-state index contributed by atoms with van der Waals surface area (Å²) < 4.78 is 0. The van der Waals surface area contributed by atoms with Gasteiger partial charge in [-0.2, -0.15) is 0 Å². The number of hydrogen-bond acceptors (Lipinski definition) is 2. The molecule has 0 radical (unpaired) electrons. The van der Waals surface area contributed by atoms with Crippen LogP contribution in [0.3, 0.4) is 0 Å². The Morgan fingerprint density at radius 1 is 1.27 bits per heavy atom. The molecule has 1 rings (SSSR count). The van der Waals surface area contributed by atoms with Crippen molar-refractivity contribution in [2.24, 2.45) is 0 Å². The maximum absolute atomic E-state index is 10.8. The topological polar surface area (TPSA) is 37.3 Å². The van der Waals surface area contributed by atoms with Gasteiger partial charge in [0.1, 0.15) is 0 Å². The zero-order valence-electron chi connectivity index (χ0n) is 7.48. The number of carbonyl (C=O) groups is 1. The molecular weight excluding hydrogens is 140 g/mol. The Morgan fingerprint density at radius 2 is 1.82 bits per heavy atom. The average Bonchev–Trinajstić information content (AvgIpc) is 2.04. The second-order valence-corrected chi connectivity index (χ2v) is 2.35. The first-order valence-corrected chi connectivity index (χ1v) is 4.13. The highest BCUT2D eigenvalue weighted by Gasteiger charge is 2.14. The summed E-state index contributed by atoms with van der Waals surface area (Å²) in [6.45, 7) is 5.68. The van der Waals surface area contributed by atoms with E-state index in [1.807, 2.05) is 13.8 Å². The van der Waals surface area contributed by atoms with Crippen LogP contribution in [0.25, 0.3) is 0 Å². The number of carbonyl (C=O) groups excluding carboxylic acids is 1. The molecule has 0 unspecified atom stereocenters. The summed E-state index contributed by atoms with van der Waals surface area (Å²) in [6, 6.07) is 0. The van der Waals surface area contributed by atoms with Gasteiger partial charge in [-0.1, -0.05) is 13.8 Å². The van der Waals surface area contributed by atoms with Gasteiger partial charge < -0.3 is 5.11 Å². The third-order valence-corrected chi connectivity index (χ3v) is 1.67. The van der Waals surface area contributed by atoms with Crippen LogP contribution in [0.5, 0.6) is 0 Å². The summed E-state index contributed by atoms with van der Waals surface area (Å²) >= 11 is 0. The summed E-state index contributed by atoms with van der Waals surface area (Å²) in [5.41, 5.74) is 0.557. The lowest BCUT2D eigenvalue weighted by atomic mass is 9.98. The fourth-order valence-corrected chi connectivity index (χ4v) is 0.952. The SMILES string of the molecule is CC.CC1=C(O)CCCC1=O. The molecule has 1 N–H and O–H groups in total. The first-order chi connectivity index (χ1) is 5.22. The molecule has 0 fully saturated rings. The van der Waals surface area contributed by atoms with Crippen LogP contribution in [0, 0.1) is 0 Å². The Hall–Kier alpha value is -0.790. The van der Waals surface area contributed by atoms with Crippen molar-refractivity contribution in [2.45, 2.75) is 40.0 Å². The number of hydrogen-bond donors (Lipinski definition) is 1. The first kappa shape index (κ1) is 10.2. The molecule has 0 aromatic heterocycles. The monoisotopic (exact) mass is 156 g/mol. The summed E-state index contributed by atoms with van der Waals surface area (Å²) in [7, 11) is 0. The van der Waals surface area contributed by atoms with E-state index in [4.69, 9.17) is 5.11 Å². The molecule has 11 heavy (non-hydrogen) atoms. The van der Waals surface area contributed by atoms with E-state index in [9.17, 15) is 4.79 Å². The van der Waals surface area contributed by atoms with E-state index >= 15 is 0 Å². The fraction of sp³-hybridized carbons (Fsp3) is 0.667. The van der Waals surface area contributed by atoms with Crippen molar-refractivity contribution in [3.63, 3.8) is 0 Å². The third-order valence-electron chi connectivity index (χ3n) is 1.67. The molecule has 1 aliphatic carbocycles. The molecule has 0 aromatic carbocycles. The first-order valence-electron chi connectivity index (χ1n) is 4.13. The molecule has 1 aliphatic rings. The molecular formula is C9H16O2. The molecule has 0 heterocycles. The maximum atomic E-state index is 10.8. The van der Waals surface area contributed by atoms with E-state index in [0.717, 1.165) is 6.42 Å². The third kappa shape index (κ3) is 2.74. The number of aliphatic hydroxyl groups is 1. The van der Waals surface area contributed by atoms with Gasteiger partial charge in [0, 0.05) is 18.4 Å². The van der Waals surface area contributed by atoms with Crippen LogP contribution >= 0.6 is 0 Å². The predicted octanol–water partition coefficient (Wildman–Crippen LogP) is 2.60. The summed E-state index contributed by atoms with van der Waals surface area (Å²) in [5, 5.41) is 9.01. The van der Waals surface area contributed by atoms with E-state index in [-0.39, 0.29) is 11.5 Å². The number of rotatable bonds is 0. The zero-order chi connectivity index (χ0) is 8.85. The molecule has 2 heteroatoms. The van der Waals surface area contributed by atoms with Crippen molar-refractivity contribution in [3.05, 3.63) is 11.3 Å². The lowest BCUT2D eigenvalue weighted by Gasteiger charge is -2.10. The zero-order valence-corrected chi connectivity index (χ0v) is 7.48. The van der Waals surface area contributed by atoms with Crippen LogP contribution in [0.4, 0.5) is 0 Å². The summed E-state index contributed by atoms with van der Waals surface area (Å²) in [5.74, 6) is 0.380. The number of allylic oxidation sites excluding steroid dienone is 2. The van der Waals surface area contributed by atoms with Gasteiger partial charge in [0.25, 0.3) is 0 Å². The minimum absolute atomic E-state index is 0.0961. The highest BCUT2D eigenvalue weighted by atomic mass is 16.3. The molecule has 0 atom stereocenters. The van der Waals surface area contributed by atoms with Crippen LogP contribution in [0.2, 0.25) is 0 Å². The number of ketones is 1. The second-order valence-electron chi connectivity index (χ2n) is 2.35. The molecule has 64 valence electrons. The van der Waals surface area contributed by atoms with Crippen molar-refractivity contribution in [3.8, 4) is 0 Å². The van der Waals surface area contributed by atoms with Gasteiger partial charge in [0.15, 0.2) is 5.78 Å². The molecule has 0 bridgehead atoms. The van der Waals surface area contributed by atoms with Gasteiger partial charge in [-0.3, -0.25) is 4.79 Å². The lowest BCUT2D eigenvalue weighted by molar-refractivity contribution is -0.116. The molecule has 0 saturated heterocycles. The normalized spacial score (nSPS) is 17.5. The van der Waals surface area contributed by atoms with Crippen LogP contribution in [0.1, 0.15) is 40.0 Å². The van der Waals surface area contributed by atoms with E-state index in [2.05, 4.69) is 0 Å². The van der Waals surface area contributed by atoms with E-state index in [1.165, 1.54) is 0 Å². The van der Waals surface area contributed by atoms with E-state index < -0.39 is 0 Å². The number of Topliss-reactive ketones (excluding diaryl/α,β-unsaturated/α-hetero) is 1. The maximum Gasteiger partial charge on any atom is 0.161 e. The van der Waals surface area contributed by atoms with Crippen molar-refractivity contribution in [2.75, 3.05) is 0 Å². The van der Waals surface area contributed by atoms with Gasteiger partial charge in [-0.05, 0) is 13.3 Å². The van der Waals surface area contributed by atoms with Crippen molar-refractivity contribution in [1.29, 1.82) is 0 Å². The Balaban J connectivity index is 0.000000461. The minimum Gasteiger partial charge on any atom is -0.512 e. The lowest BCUT2D eigenvalue weighted by Crippen LogP contribution is -2.08. The standard InChI is InChI=1S/C7H10O2.C2H6/c1-5-6(8)3-2-4-7(5)9;1-2/h8H,2-4H2,1H3;1-2H3. The van der Waals surface area contributed by atoms with Crippen LogP contribution in [0.15, 0.2) is 11.3 Å². The van der Waals surface area contributed by atoms with Crippen LogP contribution in [-0.2, 0) is 4.79 Å². The van der Waals surface area contributed by atoms with Crippen molar-refractivity contribution < 1.29 is 9.90 Å². The Bertz CT molecular complexity index is 168. The molecule has 2 nitrogen and oxygen atoms in total. The van der Waals surface area contributed by atoms with Crippen molar-refractivity contribution >= 4 is 5.78 Å². The predicted molar refractivity (Wildman–Crippen MR) is 45.5 cm³/mol. The van der Waals surface area contributed by atoms with E-state index in [1.54, 1.807) is 6.92 Å². The van der Waals surface area contributed by atoms with Crippen molar-refractivity contribution in [1.82, 2.24) is 0 Å². The number of aliphatic hydroxyl groups excluding tert-OH is 1. The summed E-state index contributed by atoms with van der Waals surface area (Å²) in [4.78, 5) is 10.8. The smallest absolute Gasteiger partial charge is 0.161 e. The second kappa shape index (κ2) is 4.94. The Labute approximate surface area is 67.9 Å². The highest BCUT2D eigenvalue weighted by Crippen LogP contribution is 2.18. The molecule has 0 aliphatic heterocycles. The quantitative estimate of drug-likeness (QED) is 0.585. The summed E-state index contributed by atoms with van der Waals surface area (Å²) in [6.07, 6.45) is 2.09. The Morgan fingerprint density at radius 3 is 2.18 bits per heavy atom. The highest BCUT2D eigenvalue weighted by molar-refractivity contribution is 5.95. The largest absolute Gasteiger partial charge is 0.512 e. The van der Waals surface area contributed by atoms with Gasteiger partial charge in [0.2, 0.25) is 0 Å².